The maximum absolute atomic E-state index is 9.35. The van der Waals surface area contributed by atoms with Crippen LogP contribution < -0.4 is 0 Å². The van der Waals surface area contributed by atoms with E-state index in [4.69, 9.17) is 18.1 Å². The Hall–Kier alpha value is -5.66. The van der Waals surface area contributed by atoms with E-state index in [0.29, 0.717) is 27.5 Å². The molecule has 0 spiro atoms. The molecule has 0 bridgehead atoms. The summed E-state index contributed by atoms with van der Waals surface area (Å²) in [6, 6.07) is 10.1. The lowest BCUT2D eigenvalue weighted by molar-refractivity contribution is 0.670. The summed E-state index contributed by atoms with van der Waals surface area (Å²) in [4.78, 5) is 0. The van der Waals surface area contributed by atoms with Crippen LogP contribution in [0.5, 0.6) is 0 Å². The number of fused-ring (bicyclic) bond motifs is 6. The lowest BCUT2D eigenvalue weighted by atomic mass is 9.84. The third-order valence-electron chi connectivity index (χ3n) is 7.81. The van der Waals surface area contributed by atoms with Gasteiger partial charge in [-0.25, -0.2) is 0 Å². The van der Waals surface area contributed by atoms with Crippen LogP contribution in [0.1, 0.15) is 20.6 Å². The summed E-state index contributed by atoms with van der Waals surface area (Å²) in [6.07, 6.45) is 0. The molecule has 0 saturated heterocycles. The number of hydrogen-bond donors (Lipinski definition) is 0. The molecule has 0 aliphatic carbocycles. The fourth-order valence-electron chi connectivity index (χ4n) is 5.96. The van der Waals surface area contributed by atoms with Gasteiger partial charge in [0.2, 0.25) is 0 Å². The fraction of sp³-hybridized carbons (Fsp3) is 0. The minimum atomic E-state index is -0.758. The number of rotatable bonds is 3. The van der Waals surface area contributed by atoms with Crippen molar-refractivity contribution in [1.29, 1.82) is 0 Å². The zero-order chi connectivity index (χ0) is 41.4. The molecule has 1 nitrogen and oxygen atoms in total. The van der Waals surface area contributed by atoms with Gasteiger partial charge in [0.05, 0.1) is 20.6 Å². The van der Waals surface area contributed by atoms with E-state index in [1.165, 1.54) is 0 Å². The number of para-hydroxylation sites is 1. The van der Waals surface area contributed by atoms with E-state index in [1.54, 1.807) is 18.2 Å². The first kappa shape index (κ1) is 13.5. The molecule has 8 aromatic carbocycles. The maximum atomic E-state index is 9.35. The molecule has 0 N–H and O–H groups in total. The maximum Gasteiger partial charge on any atom is 0.143 e. The molecule has 0 fully saturated rings. The topological polar surface area (TPSA) is 13.1 Å². The second-order valence-corrected chi connectivity index (χ2v) is 10.1. The van der Waals surface area contributed by atoms with Crippen LogP contribution in [-0.4, -0.2) is 0 Å². The molecule has 0 unspecified atom stereocenters. The molecule has 9 aromatic rings. The smallest absolute Gasteiger partial charge is 0.143 e. The Morgan fingerprint density at radius 2 is 1.07 bits per heavy atom. The molecular weight excluding hydrogens is 520 g/mol. The average molecular weight is 562 g/mol. The first-order valence-corrected chi connectivity index (χ1v) is 13.6. The van der Waals surface area contributed by atoms with E-state index in [0.717, 1.165) is 11.1 Å². The van der Waals surface area contributed by atoms with Gasteiger partial charge in [-0.2, -0.15) is 0 Å². The van der Waals surface area contributed by atoms with Crippen LogP contribution in [-0.2, 0) is 0 Å². The van der Waals surface area contributed by atoms with Crippen LogP contribution in [0.25, 0.3) is 87.6 Å². The van der Waals surface area contributed by atoms with E-state index in [-0.39, 0.29) is 32.7 Å². The number of hydrogen-bond acceptors (Lipinski definition) is 1. The molecule has 9 rings (SSSR count). The Labute approximate surface area is 270 Å². The predicted molar refractivity (Wildman–Crippen MR) is 183 cm³/mol. The van der Waals surface area contributed by atoms with Crippen molar-refractivity contribution in [2.75, 3.05) is 0 Å². The molecule has 0 saturated carbocycles. The molecular formula is C42H26O. The predicted octanol–water partition coefficient (Wildman–Crippen LogP) is 12.0. The van der Waals surface area contributed by atoms with Crippen LogP contribution in [0.3, 0.4) is 0 Å². The molecule has 0 aliphatic heterocycles. The van der Waals surface area contributed by atoms with Crippen LogP contribution in [0, 0.1) is 0 Å². The van der Waals surface area contributed by atoms with Crippen LogP contribution >= 0.6 is 0 Å². The summed E-state index contributed by atoms with van der Waals surface area (Å²) in [5.41, 5.74) is 2.32. The Bertz CT molecular complexity index is 3250. The summed E-state index contributed by atoms with van der Waals surface area (Å²) in [7, 11) is 0. The highest BCUT2D eigenvalue weighted by atomic mass is 16.3. The van der Waals surface area contributed by atoms with Crippen molar-refractivity contribution in [2.45, 2.75) is 0 Å². The highest BCUT2D eigenvalue weighted by molar-refractivity contribution is 6.24. The molecule has 0 radical (unpaired) electrons. The molecule has 0 aliphatic rings. The first-order chi connectivity index (χ1) is 27.6. The fourth-order valence-corrected chi connectivity index (χ4v) is 5.96. The van der Waals surface area contributed by atoms with Crippen molar-refractivity contribution in [3.63, 3.8) is 0 Å². The zero-order valence-corrected chi connectivity index (χ0v) is 22.3. The molecule has 1 aromatic heterocycles. The van der Waals surface area contributed by atoms with Gasteiger partial charge in [0.1, 0.15) is 11.2 Å². The van der Waals surface area contributed by atoms with Crippen molar-refractivity contribution in [2.24, 2.45) is 0 Å². The largest absolute Gasteiger partial charge is 0.455 e. The average Bonchev–Trinajstić information content (AvgIpc) is 3.61. The molecule has 0 atom stereocenters. The number of furan rings is 1. The van der Waals surface area contributed by atoms with Crippen LogP contribution in [0.15, 0.2) is 162 Å². The van der Waals surface area contributed by atoms with Gasteiger partial charge in [-0.3, -0.25) is 0 Å². The molecule has 200 valence electrons. The standard InChI is InChI=1S/C42H26O/c1-2-12-28(13-3-1)31-21-11-23-37-38-26-29(24-25-39(38)43-42(31)37)40-33-17-6-8-19-35(33)41(36-20-9-7-18-34(36)40)32-22-10-15-27-14-4-5-16-30(27)32/h1-26H/i4D,5D,6D,7D,8D,9D,10D,14D,15D,16D,17D,18D,19D,20D,22D. The van der Waals surface area contributed by atoms with Gasteiger partial charge in [0.15, 0.2) is 0 Å². The quantitative estimate of drug-likeness (QED) is 0.196. The van der Waals surface area contributed by atoms with E-state index in [2.05, 4.69) is 0 Å². The monoisotopic (exact) mass is 561 g/mol. The Morgan fingerprint density at radius 1 is 0.419 bits per heavy atom. The summed E-state index contributed by atoms with van der Waals surface area (Å²) >= 11 is 0. The Balaban J connectivity index is 1.55. The zero-order valence-electron chi connectivity index (χ0n) is 37.3. The molecule has 1 heteroatoms. The summed E-state index contributed by atoms with van der Waals surface area (Å²) in [6.45, 7) is 0. The first-order valence-electron chi connectivity index (χ1n) is 21.1. The Kier molecular flexibility index (Phi) is 2.97. The minimum absolute atomic E-state index is 0.0177. The molecule has 0 amide bonds. The summed E-state index contributed by atoms with van der Waals surface area (Å²) in [5.74, 6) is 0. The SMILES string of the molecule is [2H]c1c([2H])c([2H])c2c(-c3c4c([2H])c([2H])c([2H])c([2H])c4c(-c4ccc5oc6c(-c7ccccc7)cccc6c5c4)c4c([2H])c([2H])c([2H])c([2H])c34)c([2H])c([2H])c([2H])c2c1[2H]. The van der Waals surface area contributed by atoms with E-state index in [9.17, 15) is 6.85 Å². The second-order valence-electron chi connectivity index (χ2n) is 10.1. The molecule has 43 heavy (non-hydrogen) atoms. The Morgan fingerprint density at radius 3 is 1.81 bits per heavy atom. The van der Waals surface area contributed by atoms with Crippen molar-refractivity contribution >= 4 is 54.3 Å². The van der Waals surface area contributed by atoms with Crippen molar-refractivity contribution in [1.82, 2.24) is 0 Å². The van der Waals surface area contributed by atoms with E-state index >= 15 is 0 Å². The van der Waals surface area contributed by atoms with Gasteiger partial charge in [-0.15, -0.1) is 0 Å². The van der Waals surface area contributed by atoms with Crippen LogP contribution in [0.2, 0.25) is 0 Å². The summed E-state index contributed by atoms with van der Waals surface area (Å²) in [5, 5.41) is -0.504. The van der Waals surface area contributed by atoms with Crippen molar-refractivity contribution in [3.8, 4) is 33.4 Å². The van der Waals surface area contributed by atoms with Gasteiger partial charge < -0.3 is 4.42 Å². The summed E-state index contributed by atoms with van der Waals surface area (Å²) < 4.78 is 140. The lowest BCUT2D eigenvalue weighted by Gasteiger charge is -2.18. The van der Waals surface area contributed by atoms with Gasteiger partial charge in [-0.05, 0) is 72.3 Å². The van der Waals surface area contributed by atoms with Crippen molar-refractivity contribution in [3.05, 3.63) is 157 Å². The normalized spacial score (nSPS) is 16.6. The van der Waals surface area contributed by atoms with Gasteiger partial charge in [0.25, 0.3) is 0 Å². The van der Waals surface area contributed by atoms with Crippen molar-refractivity contribution < 1.29 is 25.0 Å². The van der Waals surface area contributed by atoms with Gasteiger partial charge >= 0.3 is 0 Å². The third kappa shape index (κ3) is 3.65. The van der Waals surface area contributed by atoms with Crippen LogP contribution in [0.4, 0.5) is 0 Å². The van der Waals surface area contributed by atoms with Gasteiger partial charge in [-0.1, -0.05) is 145 Å². The highest BCUT2D eigenvalue weighted by Crippen LogP contribution is 2.46. The second kappa shape index (κ2) is 9.44. The lowest BCUT2D eigenvalue weighted by Crippen LogP contribution is -1.91. The minimum Gasteiger partial charge on any atom is -0.455 e. The highest BCUT2D eigenvalue weighted by Gasteiger charge is 2.19. The molecule has 1 heterocycles. The van der Waals surface area contributed by atoms with Gasteiger partial charge in [0, 0.05) is 16.3 Å². The van der Waals surface area contributed by atoms with E-state index < -0.39 is 107 Å². The third-order valence-corrected chi connectivity index (χ3v) is 7.81. The van der Waals surface area contributed by atoms with E-state index in [1.807, 2.05) is 48.5 Å². The number of benzene rings is 8.